The highest BCUT2D eigenvalue weighted by Gasteiger charge is 2.22. The third-order valence-electron chi connectivity index (χ3n) is 3.23. The zero-order valence-electron chi connectivity index (χ0n) is 9.56. The highest BCUT2D eigenvalue weighted by molar-refractivity contribution is 5.24. The molecule has 0 radical (unpaired) electrons. The lowest BCUT2D eigenvalue weighted by molar-refractivity contribution is 0.147. The maximum Gasteiger partial charge on any atom is 0.145 e. The number of nitrogens with two attached hydrogens (primary N) is 1. The summed E-state index contributed by atoms with van der Waals surface area (Å²) in [5.41, 5.74) is 5.62. The van der Waals surface area contributed by atoms with Crippen molar-refractivity contribution in [3.05, 3.63) is 12.3 Å². The summed E-state index contributed by atoms with van der Waals surface area (Å²) in [7, 11) is 0. The van der Waals surface area contributed by atoms with Crippen molar-refractivity contribution < 1.29 is 0 Å². The quantitative estimate of drug-likeness (QED) is 0.801. The number of anilines is 1. The van der Waals surface area contributed by atoms with Gasteiger partial charge in [0.05, 0.1) is 6.04 Å². The lowest BCUT2D eigenvalue weighted by Gasteiger charge is -2.34. The lowest BCUT2D eigenvalue weighted by Crippen LogP contribution is -2.39. The molecule has 1 aromatic heterocycles. The first kappa shape index (κ1) is 10.5. The van der Waals surface area contributed by atoms with Crippen LogP contribution in [0.1, 0.15) is 32.7 Å². The molecule has 0 amide bonds. The van der Waals surface area contributed by atoms with Gasteiger partial charge in [0, 0.05) is 25.3 Å². The second kappa shape index (κ2) is 4.23. The molecule has 0 spiro atoms. The molecule has 1 aliphatic rings. The molecule has 0 unspecified atom stereocenters. The first-order valence-corrected chi connectivity index (χ1v) is 5.71. The fourth-order valence-corrected chi connectivity index (χ4v) is 2.22. The second-order valence-electron chi connectivity index (χ2n) is 4.58. The third-order valence-corrected chi connectivity index (χ3v) is 3.23. The molecule has 1 aromatic rings. The number of nitrogen functional groups attached to an aromatic ring is 1. The van der Waals surface area contributed by atoms with Crippen LogP contribution in [0.25, 0.3) is 0 Å². The number of hydrogen-bond acceptors (Lipinski definition) is 3. The Bertz CT molecular complexity index is 310. The predicted octanol–water partition coefficient (Wildman–Crippen LogP) is 1.51. The van der Waals surface area contributed by atoms with Gasteiger partial charge in [-0.25, -0.2) is 0 Å². The minimum Gasteiger partial charge on any atom is -0.382 e. The molecule has 2 N–H and O–H groups in total. The number of aromatic nitrogens is 2. The number of piperidine rings is 1. The van der Waals surface area contributed by atoms with Crippen molar-refractivity contribution in [3.8, 4) is 0 Å². The number of nitrogens with zero attached hydrogens (tertiary/aromatic N) is 3. The highest BCUT2D eigenvalue weighted by atomic mass is 15.3. The van der Waals surface area contributed by atoms with E-state index in [1.165, 1.54) is 25.9 Å². The van der Waals surface area contributed by atoms with E-state index in [1.54, 1.807) is 0 Å². The van der Waals surface area contributed by atoms with Crippen molar-refractivity contribution in [2.24, 2.45) is 0 Å². The van der Waals surface area contributed by atoms with Gasteiger partial charge in [-0.05, 0) is 32.8 Å². The van der Waals surface area contributed by atoms with Gasteiger partial charge in [0.15, 0.2) is 0 Å². The van der Waals surface area contributed by atoms with Crippen LogP contribution in [0.5, 0.6) is 0 Å². The van der Waals surface area contributed by atoms with Crippen LogP contribution in [0, 0.1) is 0 Å². The molecule has 0 bridgehead atoms. The normalized spacial score (nSPS) is 19.9. The molecule has 4 heteroatoms. The molecule has 0 atom stereocenters. The van der Waals surface area contributed by atoms with Crippen molar-refractivity contribution in [1.82, 2.24) is 14.7 Å². The van der Waals surface area contributed by atoms with E-state index in [0.717, 1.165) is 0 Å². The van der Waals surface area contributed by atoms with E-state index in [9.17, 15) is 0 Å². The Hall–Kier alpha value is -1.03. The minimum atomic E-state index is 0.539. The molecule has 15 heavy (non-hydrogen) atoms. The summed E-state index contributed by atoms with van der Waals surface area (Å²) >= 11 is 0. The van der Waals surface area contributed by atoms with Gasteiger partial charge in [0.1, 0.15) is 5.82 Å². The third kappa shape index (κ3) is 2.31. The van der Waals surface area contributed by atoms with E-state index in [1.807, 2.05) is 16.9 Å². The van der Waals surface area contributed by atoms with Crippen LogP contribution in [-0.4, -0.2) is 33.8 Å². The van der Waals surface area contributed by atoms with Crippen molar-refractivity contribution in [3.63, 3.8) is 0 Å². The topological polar surface area (TPSA) is 47.1 Å². The Balaban J connectivity index is 1.93. The van der Waals surface area contributed by atoms with Crippen molar-refractivity contribution in [2.45, 2.75) is 38.8 Å². The highest BCUT2D eigenvalue weighted by Crippen LogP contribution is 2.23. The molecule has 2 rings (SSSR count). The van der Waals surface area contributed by atoms with E-state index >= 15 is 0 Å². The summed E-state index contributed by atoms with van der Waals surface area (Å²) < 4.78 is 2.02. The minimum absolute atomic E-state index is 0.539. The van der Waals surface area contributed by atoms with Gasteiger partial charge < -0.3 is 10.6 Å². The van der Waals surface area contributed by atoms with Crippen molar-refractivity contribution >= 4 is 5.82 Å². The lowest BCUT2D eigenvalue weighted by atomic mass is 10.0. The van der Waals surface area contributed by atoms with Crippen LogP contribution in [0.15, 0.2) is 12.3 Å². The molecule has 0 aliphatic carbocycles. The monoisotopic (exact) mass is 208 g/mol. The summed E-state index contributed by atoms with van der Waals surface area (Å²) in [4.78, 5) is 2.52. The summed E-state index contributed by atoms with van der Waals surface area (Å²) in [5.74, 6) is 0.626. The van der Waals surface area contributed by atoms with E-state index in [2.05, 4.69) is 23.8 Å². The van der Waals surface area contributed by atoms with Crippen LogP contribution in [0.2, 0.25) is 0 Å². The summed E-state index contributed by atoms with van der Waals surface area (Å²) in [6.45, 7) is 6.85. The van der Waals surface area contributed by atoms with E-state index in [0.29, 0.717) is 17.9 Å². The Kier molecular flexibility index (Phi) is 2.95. The van der Waals surface area contributed by atoms with E-state index in [-0.39, 0.29) is 0 Å². The van der Waals surface area contributed by atoms with Gasteiger partial charge in [0.2, 0.25) is 0 Å². The molecule has 0 aromatic carbocycles. The maximum atomic E-state index is 5.62. The van der Waals surface area contributed by atoms with Crippen LogP contribution in [-0.2, 0) is 0 Å². The Morgan fingerprint density at radius 1 is 1.40 bits per heavy atom. The van der Waals surface area contributed by atoms with Crippen LogP contribution < -0.4 is 5.73 Å². The molecule has 4 nitrogen and oxygen atoms in total. The van der Waals surface area contributed by atoms with Crippen molar-refractivity contribution in [2.75, 3.05) is 18.8 Å². The van der Waals surface area contributed by atoms with E-state index < -0.39 is 0 Å². The number of likely N-dealkylation sites (tertiary alicyclic amines) is 1. The average molecular weight is 208 g/mol. The summed E-state index contributed by atoms with van der Waals surface area (Å²) in [6.07, 6.45) is 4.35. The largest absolute Gasteiger partial charge is 0.382 e. The van der Waals surface area contributed by atoms with Gasteiger partial charge in [-0.2, -0.15) is 5.10 Å². The molecule has 0 saturated carbocycles. The fourth-order valence-electron chi connectivity index (χ4n) is 2.22. The smallest absolute Gasteiger partial charge is 0.145 e. The second-order valence-corrected chi connectivity index (χ2v) is 4.58. The first-order valence-electron chi connectivity index (χ1n) is 5.71. The average Bonchev–Trinajstić information content (AvgIpc) is 2.65. The fraction of sp³-hybridized carbons (Fsp3) is 0.727. The SMILES string of the molecule is CC(C)N1CCC(n2ccc(N)n2)CC1. The van der Waals surface area contributed by atoms with Crippen molar-refractivity contribution in [1.29, 1.82) is 0 Å². The van der Waals surface area contributed by atoms with Crippen LogP contribution >= 0.6 is 0 Å². The Morgan fingerprint density at radius 3 is 2.53 bits per heavy atom. The molecule has 1 saturated heterocycles. The van der Waals surface area contributed by atoms with E-state index in [4.69, 9.17) is 5.73 Å². The Labute approximate surface area is 91.1 Å². The molecule has 84 valence electrons. The summed E-state index contributed by atoms with van der Waals surface area (Å²) in [6, 6.07) is 3.07. The van der Waals surface area contributed by atoms with Gasteiger partial charge in [-0.15, -0.1) is 0 Å². The molecule has 1 aliphatic heterocycles. The predicted molar refractivity (Wildman–Crippen MR) is 61.6 cm³/mol. The molecular formula is C11H20N4. The summed E-state index contributed by atoms with van der Waals surface area (Å²) in [5, 5.41) is 4.28. The first-order chi connectivity index (χ1) is 7.16. The van der Waals surface area contributed by atoms with Crippen LogP contribution in [0.3, 0.4) is 0 Å². The number of hydrogen-bond donors (Lipinski definition) is 1. The number of rotatable bonds is 2. The maximum absolute atomic E-state index is 5.62. The Morgan fingerprint density at radius 2 is 2.07 bits per heavy atom. The molecule has 1 fully saturated rings. The molecular weight excluding hydrogens is 188 g/mol. The standard InChI is InChI=1S/C11H20N4/c1-9(2)14-6-3-10(4-7-14)15-8-5-11(12)13-15/h5,8-10H,3-4,6-7H2,1-2H3,(H2,12,13). The van der Waals surface area contributed by atoms with Gasteiger partial charge in [-0.1, -0.05) is 0 Å². The van der Waals surface area contributed by atoms with Gasteiger partial charge in [-0.3, -0.25) is 4.68 Å². The van der Waals surface area contributed by atoms with Gasteiger partial charge >= 0.3 is 0 Å². The van der Waals surface area contributed by atoms with Crippen LogP contribution in [0.4, 0.5) is 5.82 Å². The zero-order valence-corrected chi connectivity index (χ0v) is 9.56. The zero-order chi connectivity index (χ0) is 10.8. The molecule has 2 heterocycles. The van der Waals surface area contributed by atoms with Gasteiger partial charge in [0.25, 0.3) is 0 Å².